The largest absolute Gasteiger partial charge is 0.347 e. The van der Waals surface area contributed by atoms with Crippen LogP contribution in [0.3, 0.4) is 0 Å². The van der Waals surface area contributed by atoms with Crippen LogP contribution in [-0.2, 0) is 16.4 Å². The first-order valence-electron chi connectivity index (χ1n) is 4.82. The first-order valence-corrected chi connectivity index (χ1v) is 7.49. The minimum Gasteiger partial charge on any atom is -0.347 e. The van der Waals surface area contributed by atoms with E-state index >= 15 is 0 Å². The summed E-state index contributed by atoms with van der Waals surface area (Å²) >= 11 is 1.19. The molecule has 5 nitrogen and oxygen atoms in total. The van der Waals surface area contributed by atoms with Crippen molar-refractivity contribution < 1.29 is 8.42 Å². The van der Waals surface area contributed by atoms with Gasteiger partial charge in [-0.25, -0.2) is 8.42 Å². The lowest BCUT2D eigenvalue weighted by Gasteiger charge is -2.04. The van der Waals surface area contributed by atoms with E-state index in [0.717, 1.165) is 16.8 Å². The Morgan fingerprint density at radius 3 is 2.59 bits per heavy atom. The smallest absolute Gasteiger partial charge is 0.171 e. The molecule has 1 aromatic heterocycles. The lowest BCUT2D eigenvalue weighted by molar-refractivity contribution is 0.608. The third kappa shape index (κ3) is 3.79. The Hall–Kier alpha value is -1.47. The van der Waals surface area contributed by atoms with E-state index in [1.165, 1.54) is 11.3 Å². The van der Waals surface area contributed by atoms with Gasteiger partial charge in [0, 0.05) is 17.8 Å². The molecule has 1 aromatic carbocycles. The molecule has 1 heterocycles. The summed E-state index contributed by atoms with van der Waals surface area (Å²) in [4.78, 5) is 0. The second-order valence-electron chi connectivity index (χ2n) is 3.47. The van der Waals surface area contributed by atoms with Crippen molar-refractivity contribution in [3.8, 4) is 0 Å². The summed E-state index contributed by atoms with van der Waals surface area (Å²) in [7, 11) is -3.40. The summed E-state index contributed by atoms with van der Waals surface area (Å²) in [6, 6.07) is 9.79. The molecule has 0 amide bonds. The third-order valence-electron chi connectivity index (χ3n) is 1.90. The van der Waals surface area contributed by atoms with E-state index in [2.05, 4.69) is 14.9 Å². The highest BCUT2D eigenvalue weighted by Gasteiger charge is 2.01. The van der Waals surface area contributed by atoms with Crippen molar-refractivity contribution in [2.45, 2.75) is 6.42 Å². The Labute approximate surface area is 104 Å². The molecule has 2 rings (SSSR count). The molecule has 0 saturated heterocycles. The van der Waals surface area contributed by atoms with Crippen LogP contribution in [-0.4, -0.2) is 24.9 Å². The average Bonchev–Trinajstić information content (AvgIpc) is 2.64. The lowest BCUT2D eigenvalue weighted by atomic mass is 10.2. The van der Waals surface area contributed by atoms with E-state index in [9.17, 15) is 8.42 Å². The zero-order valence-corrected chi connectivity index (χ0v) is 10.7. The van der Waals surface area contributed by atoms with Gasteiger partial charge >= 0.3 is 0 Å². The number of aromatic nitrogens is 2. The molecule has 0 aliphatic carbocycles. The fourth-order valence-corrected chi connectivity index (χ4v) is 2.75. The van der Waals surface area contributed by atoms with Crippen LogP contribution in [0.15, 0.2) is 30.3 Å². The molecule has 0 saturated carbocycles. The Bertz CT molecular complexity index is 593. The van der Waals surface area contributed by atoms with E-state index in [1.807, 2.05) is 30.3 Å². The van der Waals surface area contributed by atoms with Crippen molar-refractivity contribution in [3.05, 3.63) is 45.6 Å². The zero-order valence-electron chi connectivity index (χ0n) is 9.07. The molecule has 7 heteroatoms. The standard InChI is InChI=1S/C10H10N3O2S2/c1-17(14,15)13-10-12-11-9(16-10)7-8-5-3-2-4-6-8/h2-6H,7H2,1H3/q-1. The summed E-state index contributed by atoms with van der Waals surface area (Å²) in [6.45, 7) is 0. The third-order valence-corrected chi connectivity index (χ3v) is 3.34. The molecule has 0 atom stereocenters. The maximum absolute atomic E-state index is 10.9. The minimum atomic E-state index is -3.40. The van der Waals surface area contributed by atoms with E-state index < -0.39 is 10.0 Å². The lowest BCUT2D eigenvalue weighted by Crippen LogP contribution is -1.89. The Kier molecular flexibility index (Phi) is 3.39. The molecule has 0 aliphatic rings. The van der Waals surface area contributed by atoms with Gasteiger partial charge in [-0.1, -0.05) is 30.3 Å². The van der Waals surface area contributed by atoms with Crippen molar-refractivity contribution in [2.24, 2.45) is 0 Å². The molecular weight excluding hydrogens is 258 g/mol. The topological polar surface area (TPSA) is 74.0 Å². The highest BCUT2D eigenvalue weighted by Crippen LogP contribution is 2.26. The van der Waals surface area contributed by atoms with Gasteiger partial charge in [0.05, 0.1) is 5.01 Å². The zero-order chi connectivity index (χ0) is 12.3. The number of hydrogen-bond donors (Lipinski definition) is 0. The Balaban J connectivity index is 2.09. The van der Waals surface area contributed by atoms with Gasteiger partial charge in [-0.05, 0) is 5.56 Å². The van der Waals surface area contributed by atoms with Crippen molar-refractivity contribution in [1.29, 1.82) is 0 Å². The van der Waals surface area contributed by atoms with Crippen LogP contribution < -0.4 is 0 Å². The molecule has 0 fully saturated rings. The van der Waals surface area contributed by atoms with Crippen molar-refractivity contribution in [3.63, 3.8) is 0 Å². The fraction of sp³-hybridized carbons (Fsp3) is 0.200. The van der Waals surface area contributed by atoms with Crippen LogP contribution in [0.25, 0.3) is 4.72 Å². The van der Waals surface area contributed by atoms with Crippen LogP contribution >= 0.6 is 11.3 Å². The highest BCUT2D eigenvalue weighted by atomic mass is 32.2. The first kappa shape index (κ1) is 12.0. The summed E-state index contributed by atoms with van der Waals surface area (Å²) in [6.07, 6.45) is 1.67. The number of sulfonamides is 1. The van der Waals surface area contributed by atoms with Gasteiger partial charge in [0.15, 0.2) is 10.0 Å². The van der Waals surface area contributed by atoms with Crippen LogP contribution in [0.4, 0.5) is 5.13 Å². The molecule has 0 unspecified atom stereocenters. The van der Waals surface area contributed by atoms with Crippen LogP contribution in [0, 0.1) is 0 Å². The van der Waals surface area contributed by atoms with E-state index in [-0.39, 0.29) is 5.13 Å². The van der Waals surface area contributed by atoms with E-state index in [0.29, 0.717) is 6.42 Å². The highest BCUT2D eigenvalue weighted by molar-refractivity contribution is 7.93. The molecular formula is C10H10N3O2S2-. The monoisotopic (exact) mass is 268 g/mol. The number of nitrogens with zero attached hydrogens (tertiary/aromatic N) is 3. The first-order chi connectivity index (χ1) is 8.03. The summed E-state index contributed by atoms with van der Waals surface area (Å²) in [5.74, 6) is 0. The predicted molar refractivity (Wildman–Crippen MR) is 67.0 cm³/mol. The minimum absolute atomic E-state index is 0.179. The Morgan fingerprint density at radius 1 is 1.24 bits per heavy atom. The second kappa shape index (κ2) is 4.80. The fourth-order valence-electron chi connectivity index (χ4n) is 1.27. The molecule has 0 N–H and O–H groups in total. The maximum atomic E-state index is 10.9. The molecule has 0 radical (unpaired) electrons. The van der Waals surface area contributed by atoms with Gasteiger partial charge in [-0.3, -0.25) is 5.10 Å². The van der Waals surface area contributed by atoms with Crippen LogP contribution in [0.5, 0.6) is 0 Å². The number of rotatable bonds is 4. The van der Waals surface area contributed by atoms with Gasteiger partial charge in [0.1, 0.15) is 0 Å². The quantitative estimate of drug-likeness (QED) is 0.851. The maximum Gasteiger partial charge on any atom is 0.171 e. The molecule has 0 bridgehead atoms. The molecule has 0 spiro atoms. The van der Waals surface area contributed by atoms with Gasteiger partial charge in [-0.15, -0.1) is 11.3 Å². The molecule has 90 valence electrons. The second-order valence-corrected chi connectivity index (χ2v) is 6.15. The van der Waals surface area contributed by atoms with Crippen LogP contribution in [0.1, 0.15) is 10.6 Å². The average molecular weight is 268 g/mol. The van der Waals surface area contributed by atoms with Gasteiger partial charge in [-0.2, -0.15) is 0 Å². The SMILES string of the molecule is CS(=O)(=O)[N-]c1nnc(Cc2ccccc2)s1. The normalized spacial score (nSPS) is 11.4. The summed E-state index contributed by atoms with van der Waals surface area (Å²) in [5, 5.41) is 8.55. The van der Waals surface area contributed by atoms with Crippen molar-refractivity contribution in [1.82, 2.24) is 10.2 Å². The number of hydrogen-bond acceptors (Lipinski definition) is 5. The van der Waals surface area contributed by atoms with Gasteiger partial charge < -0.3 is 9.82 Å². The molecule has 17 heavy (non-hydrogen) atoms. The molecule has 0 aliphatic heterocycles. The summed E-state index contributed by atoms with van der Waals surface area (Å²) < 4.78 is 25.4. The van der Waals surface area contributed by atoms with Crippen molar-refractivity contribution in [2.75, 3.05) is 6.26 Å². The van der Waals surface area contributed by atoms with Crippen molar-refractivity contribution >= 4 is 26.5 Å². The summed E-state index contributed by atoms with van der Waals surface area (Å²) in [5.41, 5.74) is 1.11. The van der Waals surface area contributed by atoms with Gasteiger partial charge in [0.25, 0.3) is 0 Å². The number of benzene rings is 1. The molecule has 2 aromatic rings. The van der Waals surface area contributed by atoms with Gasteiger partial charge in [0.2, 0.25) is 0 Å². The van der Waals surface area contributed by atoms with E-state index in [1.54, 1.807) is 0 Å². The van der Waals surface area contributed by atoms with E-state index in [4.69, 9.17) is 0 Å². The predicted octanol–water partition coefficient (Wildman–Crippen LogP) is 2.09. The van der Waals surface area contributed by atoms with Crippen LogP contribution in [0.2, 0.25) is 0 Å². The Morgan fingerprint density at radius 2 is 1.94 bits per heavy atom.